The lowest BCUT2D eigenvalue weighted by molar-refractivity contribution is -0.112. The van der Waals surface area contributed by atoms with E-state index in [1.165, 1.54) is 0 Å². The Hall–Kier alpha value is -0.490. The first kappa shape index (κ1) is 16.5. The molecule has 102 valence electrons. The zero-order valence-corrected chi connectivity index (χ0v) is 10.7. The van der Waals surface area contributed by atoms with Crippen molar-refractivity contribution in [1.29, 1.82) is 0 Å². The molecule has 0 rings (SSSR count). The molecule has 0 radical (unpaired) electrons. The van der Waals surface area contributed by atoms with E-state index in [0.29, 0.717) is 39.6 Å². The van der Waals surface area contributed by atoms with Gasteiger partial charge in [-0.15, -0.1) is 0 Å². The molecule has 17 heavy (non-hydrogen) atoms. The minimum absolute atomic E-state index is 0.134. The number of hydrogen-bond acceptors (Lipinski definition) is 5. The Morgan fingerprint density at radius 1 is 0.765 bits per heavy atom. The van der Waals surface area contributed by atoms with E-state index in [4.69, 9.17) is 18.9 Å². The number of unbranched alkanes of at least 4 members (excludes halogenated alkanes) is 1. The van der Waals surface area contributed by atoms with Gasteiger partial charge >= 0.3 is 0 Å². The smallest absolute Gasteiger partial charge is 0.145 e. The van der Waals surface area contributed by atoms with Crippen molar-refractivity contribution in [1.82, 2.24) is 0 Å². The average Bonchev–Trinajstić information content (AvgIpc) is 2.35. The van der Waals surface area contributed by atoms with Gasteiger partial charge in [0.1, 0.15) is 12.9 Å². The van der Waals surface area contributed by atoms with Crippen LogP contribution in [-0.2, 0) is 23.7 Å². The molecule has 0 aliphatic heterocycles. The standard InChI is InChI=1S/C12H24O5/c1-2-3-5-14-7-9-16-11-12-17-10-8-15-6-4-13/h4H,2-3,5-12H2,1H3. The largest absolute Gasteiger partial charge is 0.379 e. The lowest BCUT2D eigenvalue weighted by Gasteiger charge is -2.06. The topological polar surface area (TPSA) is 54.0 Å². The van der Waals surface area contributed by atoms with Crippen molar-refractivity contribution in [3.63, 3.8) is 0 Å². The van der Waals surface area contributed by atoms with Crippen LogP contribution in [0.2, 0.25) is 0 Å². The molecule has 0 aromatic carbocycles. The summed E-state index contributed by atoms with van der Waals surface area (Å²) in [6, 6.07) is 0. The van der Waals surface area contributed by atoms with Gasteiger partial charge in [0.2, 0.25) is 0 Å². The van der Waals surface area contributed by atoms with Crippen molar-refractivity contribution in [2.24, 2.45) is 0 Å². The zero-order chi connectivity index (χ0) is 12.6. The van der Waals surface area contributed by atoms with E-state index in [-0.39, 0.29) is 6.61 Å². The van der Waals surface area contributed by atoms with E-state index in [1.807, 2.05) is 0 Å². The molecule has 5 heteroatoms. The Kier molecular flexibility index (Phi) is 15.1. The van der Waals surface area contributed by atoms with Crippen LogP contribution >= 0.6 is 0 Å². The fraction of sp³-hybridized carbons (Fsp3) is 0.917. The van der Waals surface area contributed by atoms with Gasteiger partial charge in [-0.25, -0.2) is 0 Å². The molecule has 0 saturated carbocycles. The summed E-state index contributed by atoms with van der Waals surface area (Å²) in [5.74, 6) is 0. The lowest BCUT2D eigenvalue weighted by Crippen LogP contribution is -2.12. The van der Waals surface area contributed by atoms with Crippen LogP contribution in [-0.4, -0.2) is 59.1 Å². The predicted molar refractivity (Wildman–Crippen MR) is 64.2 cm³/mol. The average molecular weight is 248 g/mol. The molecule has 0 amide bonds. The molecule has 0 atom stereocenters. The minimum atomic E-state index is 0.134. The highest BCUT2D eigenvalue weighted by atomic mass is 16.6. The number of rotatable bonds is 14. The van der Waals surface area contributed by atoms with Gasteiger partial charge in [-0.05, 0) is 6.42 Å². The van der Waals surface area contributed by atoms with Crippen LogP contribution in [0.5, 0.6) is 0 Å². The summed E-state index contributed by atoms with van der Waals surface area (Å²) >= 11 is 0. The number of ether oxygens (including phenoxy) is 4. The van der Waals surface area contributed by atoms with Gasteiger partial charge in [0, 0.05) is 6.61 Å². The summed E-state index contributed by atoms with van der Waals surface area (Å²) in [5.41, 5.74) is 0. The molecule has 5 nitrogen and oxygen atoms in total. The van der Waals surface area contributed by atoms with Gasteiger partial charge in [-0.3, -0.25) is 0 Å². The zero-order valence-electron chi connectivity index (χ0n) is 10.7. The van der Waals surface area contributed by atoms with Crippen LogP contribution in [0.1, 0.15) is 19.8 Å². The summed E-state index contributed by atoms with van der Waals surface area (Å²) < 4.78 is 20.8. The van der Waals surface area contributed by atoms with E-state index in [9.17, 15) is 4.79 Å². The maximum absolute atomic E-state index is 9.91. The summed E-state index contributed by atoms with van der Waals surface area (Å²) in [6.45, 7) is 6.36. The third-order valence-electron chi connectivity index (χ3n) is 1.94. The second-order valence-electron chi connectivity index (χ2n) is 3.43. The Labute approximate surface area is 103 Å². The van der Waals surface area contributed by atoms with Crippen LogP contribution < -0.4 is 0 Å². The molecule has 0 unspecified atom stereocenters. The fourth-order valence-electron chi connectivity index (χ4n) is 1.04. The molecular formula is C12H24O5. The highest BCUT2D eigenvalue weighted by molar-refractivity contribution is 5.50. The molecule has 0 heterocycles. The third kappa shape index (κ3) is 15.5. The van der Waals surface area contributed by atoms with E-state index >= 15 is 0 Å². The molecule has 0 spiro atoms. The van der Waals surface area contributed by atoms with Crippen molar-refractivity contribution < 1.29 is 23.7 Å². The molecule has 0 fully saturated rings. The molecule has 0 aromatic rings. The fourth-order valence-corrected chi connectivity index (χ4v) is 1.04. The van der Waals surface area contributed by atoms with Crippen LogP contribution in [0.15, 0.2) is 0 Å². The molecule has 0 saturated heterocycles. The lowest BCUT2D eigenvalue weighted by atomic mass is 10.4. The van der Waals surface area contributed by atoms with Gasteiger partial charge < -0.3 is 23.7 Å². The quantitative estimate of drug-likeness (QED) is 0.340. The van der Waals surface area contributed by atoms with Crippen molar-refractivity contribution in [2.45, 2.75) is 19.8 Å². The SMILES string of the molecule is CCCCOCCOCCOCCOCC=O. The third-order valence-corrected chi connectivity index (χ3v) is 1.94. The molecule has 0 aliphatic carbocycles. The molecule has 0 bridgehead atoms. The van der Waals surface area contributed by atoms with Gasteiger partial charge in [-0.2, -0.15) is 0 Å². The Morgan fingerprint density at radius 3 is 1.71 bits per heavy atom. The van der Waals surface area contributed by atoms with E-state index in [1.54, 1.807) is 0 Å². The summed E-state index contributed by atoms with van der Waals surface area (Å²) in [5, 5.41) is 0. The summed E-state index contributed by atoms with van der Waals surface area (Å²) in [7, 11) is 0. The minimum Gasteiger partial charge on any atom is -0.379 e. The summed E-state index contributed by atoms with van der Waals surface area (Å²) in [4.78, 5) is 9.91. The van der Waals surface area contributed by atoms with Gasteiger partial charge in [-0.1, -0.05) is 13.3 Å². The first-order chi connectivity index (χ1) is 8.41. The van der Waals surface area contributed by atoms with Gasteiger partial charge in [0.25, 0.3) is 0 Å². The van der Waals surface area contributed by atoms with Crippen molar-refractivity contribution in [3.05, 3.63) is 0 Å². The Bertz CT molecular complexity index is 152. The Balaban J connectivity index is 2.87. The van der Waals surface area contributed by atoms with Gasteiger partial charge in [0.15, 0.2) is 0 Å². The number of carbonyl (C=O) groups is 1. The molecule has 0 N–H and O–H groups in total. The number of carbonyl (C=O) groups excluding carboxylic acids is 1. The predicted octanol–water partition coefficient (Wildman–Crippen LogP) is 1.05. The van der Waals surface area contributed by atoms with Crippen LogP contribution in [0.4, 0.5) is 0 Å². The maximum Gasteiger partial charge on any atom is 0.145 e. The molecular weight excluding hydrogens is 224 g/mol. The first-order valence-corrected chi connectivity index (χ1v) is 6.16. The van der Waals surface area contributed by atoms with Crippen molar-refractivity contribution >= 4 is 6.29 Å². The highest BCUT2D eigenvalue weighted by Gasteiger charge is 1.92. The second-order valence-corrected chi connectivity index (χ2v) is 3.43. The van der Waals surface area contributed by atoms with Crippen LogP contribution in [0.25, 0.3) is 0 Å². The van der Waals surface area contributed by atoms with Gasteiger partial charge in [0.05, 0.1) is 39.6 Å². The maximum atomic E-state index is 9.91. The van der Waals surface area contributed by atoms with E-state index in [2.05, 4.69) is 6.92 Å². The highest BCUT2D eigenvalue weighted by Crippen LogP contribution is 1.88. The normalized spacial score (nSPS) is 10.6. The van der Waals surface area contributed by atoms with Crippen LogP contribution in [0, 0.1) is 0 Å². The molecule has 0 aromatic heterocycles. The van der Waals surface area contributed by atoms with E-state index < -0.39 is 0 Å². The first-order valence-electron chi connectivity index (χ1n) is 6.16. The van der Waals surface area contributed by atoms with Crippen LogP contribution in [0.3, 0.4) is 0 Å². The monoisotopic (exact) mass is 248 g/mol. The van der Waals surface area contributed by atoms with Crippen molar-refractivity contribution in [3.8, 4) is 0 Å². The summed E-state index contributed by atoms with van der Waals surface area (Å²) in [6.07, 6.45) is 2.98. The number of aldehydes is 1. The van der Waals surface area contributed by atoms with E-state index in [0.717, 1.165) is 25.7 Å². The Morgan fingerprint density at radius 2 is 1.24 bits per heavy atom. The molecule has 0 aliphatic rings. The van der Waals surface area contributed by atoms with Crippen molar-refractivity contribution in [2.75, 3.05) is 52.9 Å². The second kappa shape index (κ2) is 15.5. The number of hydrogen-bond donors (Lipinski definition) is 0.